The number of carbonyl (C=O) groups excluding carboxylic acids is 3. The minimum atomic E-state index is -0.696. The normalized spacial score (nSPS) is 15.4. The van der Waals surface area contributed by atoms with Crippen molar-refractivity contribution in [2.45, 2.75) is 26.3 Å². The van der Waals surface area contributed by atoms with Gasteiger partial charge in [-0.05, 0) is 66.1 Å². The lowest BCUT2D eigenvalue weighted by atomic mass is 9.94. The van der Waals surface area contributed by atoms with Crippen LogP contribution in [0.15, 0.2) is 71.2 Å². The Labute approximate surface area is 223 Å². The zero-order chi connectivity index (χ0) is 26.7. The van der Waals surface area contributed by atoms with E-state index in [9.17, 15) is 18.8 Å². The molecule has 1 aliphatic heterocycles. The average molecular weight is 567 g/mol. The monoisotopic (exact) mass is 566 g/mol. The number of hydrogen-bond donors (Lipinski definition) is 3. The standard InChI is InChI=1S/C28H28BrFN4O3/c1-28(2,15-31)16-32-26(36)18-8-11-23-22(13-18)33-25(35)14-24(17-6-9-21(30)10-7-17)34(23)27(37)19-4-3-5-20(29)12-19/h3-13,24H,14-16,31H2,1-2H3,(H,32,36)(H,33,35). The van der Waals surface area contributed by atoms with E-state index >= 15 is 0 Å². The molecule has 0 saturated carbocycles. The van der Waals surface area contributed by atoms with Gasteiger partial charge in [0.05, 0.1) is 23.8 Å². The summed E-state index contributed by atoms with van der Waals surface area (Å²) in [6, 6.07) is 16.8. The molecule has 4 N–H and O–H groups in total. The molecule has 0 spiro atoms. The van der Waals surface area contributed by atoms with Crippen LogP contribution in [-0.4, -0.2) is 30.8 Å². The van der Waals surface area contributed by atoms with Gasteiger partial charge in [-0.25, -0.2) is 4.39 Å². The summed E-state index contributed by atoms with van der Waals surface area (Å²) in [5.74, 6) is -1.40. The van der Waals surface area contributed by atoms with Crippen LogP contribution in [0, 0.1) is 11.2 Å². The molecule has 1 heterocycles. The van der Waals surface area contributed by atoms with Gasteiger partial charge in [0.2, 0.25) is 5.91 Å². The lowest BCUT2D eigenvalue weighted by Crippen LogP contribution is -2.38. The highest BCUT2D eigenvalue weighted by Gasteiger charge is 2.34. The quantitative estimate of drug-likeness (QED) is 0.389. The van der Waals surface area contributed by atoms with Crippen molar-refractivity contribution >= 4 is 45.0 Å². The van der Waals surface area contributed by atoms with E-state index in [4.69, 9.17) is 5.73 Å². The first kappa shape index (κ1) is 26.5. The van der Waals surface area contributed by atoms with Crippen molar-refractivity contribution in [2.24, 2.45) is 11.1 Å². The molecule has 9 heteroatoms. The van der Waals surface area contributed by atoms with Crippen LogP contribution < -0.4 is 21.3 Å². The van der Waals surface area contributed by atoms with E-state index in [2.05, 4.69) is 26.6 Å². The minimum absolute atomic E-state index is 0.0493. The predicted octanol–water partition coefficient (Wildman–Crippen LogP) is 5.03. The number of nitrogens with zero attached hydrogens (tertiary/aromatic N) is 1. The van der Waals surface area contributed by atoms with Gasteiger partial charge in [-0.3, -0.25) is 19.3 Å². The third-order valence-electron chi connectivity index (χ3n) is 6.31. The predicted molar refractivity (Wildman–Crippen MR) is 145 cm³/mol. The molecule has 1 unspecified atom stereocenters. The van der Waals surface area contributed by atoms with Crippen LogP contribution in [0.4, 0.5) is 15.8 Å². The molecule has 0 radical (unpaired) electrons. The topological polar surface area (TPSA) is 105 Å². The molecular formula is C28H28BrFN4O3. The second kappa shape index (κ2) is 10.8. The lowest BCUT2D eigenvalue weighted by molar-refractivity contribution is -0.116. The summed E-state index contributed by atoms with van der Waals surface area (Å²) < 4.78 is 14.4. The first-order chi connectivity index (χ1) is 17.6. The van der Waals surface area contributed by atoms with Crippen LogP contribution in [0.3, 0.4) is 0 Å². The molecule has 3 aromatic carbocycles. The van der Waals surface area contributed by atoms with E-state index in [0.29, 0.717) is 41.2 Å². The number of hydrogen-bond acceptors (Lipinski definition) is 4. The number of anilines is 2. The van der Waals surface area contributed by atoms with Gasteiger partial charge < -0.3 is 16.4 Å². The second-order valence-corrected chi connectivity index (χ2v) is 10.7. The summed E-state index contributed by atoms with van der Waals surface area (Å²) in [5, 5.41) is 5.72. The molecule has 192 valence electrons. The molecule has 0 aliphatic carbocycles. The highest BCUT2D eigenvalue weighted by molar-refractivity contribution is 9.10. The van der Waals surface area contributed by atoms with Gasteiger partial charge in [-0.2, -0.15) is 0 Å². The van der Waals surface area contributed by atoms with Gasteiger partial charge in [0, 0.05) is 22.1 Å². The summed E-state index contributed by atoms with van der Waals surface area (Å²) in [6.07, 6.45) is -0.0493. The lowest BCUT2D eigenvalue weighted by Gasteiger charge is -2.31. The Bertz CT molecular complexity index is 1340. The van der Waals surface area contributed by atoms with Crippen molar-refractivity contribution in [3.05, 3.63) is 93.7 Å². The van der Waals surface area contributed by atoms with Crippen LogP contribution in [0.5, 0.6) is 0 Å². The number of halogens is 2. The van der Waals surface area contributed by atoms with Crippen LogP contribution in [0.25, 0.3) is 0 Å². The van der Waals surface area contributed by atoms with E-state index in [-0.39, 0.29) is 29.6 Å². The fourth-order valence-electron chi connectivity index (χ4n) is 4.08. The molecule has 0 bridgehead atoms. The van der Waals surface area contributed by atoms with E-state index in [1.54, 1.807) is 48.5 Å². The first-order valence-corrected chi connectivity index (χ1v) is 12.6. The van der Waals surface area contributed by atoms with Crippen molar-refractivity contribution in [3.8, 4) is 0 Å². The van der Waals surface area contributed by atoms with Gasteiger partial charge in [-0.15, -0.1) is 0 Å². The fraction of sp³-hybridized carbons (Fsp3) is 0.250. The Kier molecular flexibility index (Phi) is 7.75. The molecule has 0 fully saturated rings. The minimum Gasteiger partial charge on any atom is -0.351 e. The second-order valence-electron chi connectivity index (χ2n) is 9.79. The van der Waals surface area contributed by atoms with Crippen LogP contribution in [0.2, 0.25) is 0 Å². The molecule has 3 aromatic rings. The number of fused-ring (bicyclic) bond motifs is 1. The third-order valence-corrected chi connectivity index (χ3v) is 6.80. The number of amides is 3. The maximum absolute atomic E-state index is 13.9. The Balaban J connectivity index is 1.78. The Morgan fingerprint density at radius 3 is 2.51 bits per heavy atom. The molecule has 0 saturated heterocycles. The van der Waals surface area contributed by atoms with Crippen molar-refractivity contribution < 1.29 is 18.8 Å². The Morgan fingerprint density at radius 2 is 1.84 bits per heavy atom. The molecule has 4 rings (SSSR count). The maximum atomic E-state index is 13.9. The van der Waals surface area contributed by atoms with Gasteiger partial charge >= 0.3 is 0 Å². The van der Waals surface area contributed by atoms with Crippen molar-refractivity contribution in [2.75, 3.05) is 23.3 Å². The molecule has 1 aliphatic rings. The van der Waals surface area contributed by atoms with E-state index in [1.165, 1.54) is 17.0 Å². The summed E-state index contributed by atoms with van der Waals surface area (Å²) in [4.78, 5) is 41.3. The van der Waals surface area contributed by atoms with Gasteiger partial charge in [0.25, 0.3) is 11.8 Å². The average Bonchev–Trinajstić information content (AvgIpc) is 3.02. The highest BCUT2D eigenvalue weighted by atomic mass is 79.9. The maximum Gasteiger partial charge on any atom is 0.258 e. The Morgan fingerprint density at radius 1 is 1.11 bits per heavy atom. The van der Waals surface area contributed by atoms with Crippen molar-refractivity contribution in [1.82, 2.24) is 5.32 Å². The summed E-state index contributed by atoms with van der Waals surface area (Å²) in [5.41, 5.74) is 7.62. The summed E-state index contributed by atoms with van der Waals surface area (Å²) in [7, 11) is 0. The highest BCUT2D eigenvalue weighted by Crippen LogP contribution is 2.40. The van der Waals surface area contributed by atoms with Gasteiger partial charge in [0.15, 0.2) is 0 Å². The third kappa shape index (κ3) is 6.06. The molecule has 7 nitrogen and oxygen atoms in total. The smallest absolute Gasteiger partial charge is 0.258 e. The van der Waals surface area contributed by atoms with Crippen LogP contribution in [0.1, 0.15) is 52.6 Å². The number of carbonyl (C=O) groups is 3. The zero-order valence-corrected chi connectivity index (χ0v) is 22.1. The number of nitrogens with one attached hydrogen (secondary N) is 2. The number of benzene rings is 3. The molecule has 0 aromatic heterocycles. The molecular weight excluding hydrogens is 539 g/mol. The Hall–Kier alpha value is -3.56. The molecule has 37 heavy (non-hydrogen) atoms. The van der Waals surface area contributed by atoms with Crippen LogP contribution >= 0.6 is 15.9 Å². The summed E-state index contributed by atoms with van der Waals surface area (Å²) >= 11 is 3.41. The van der Waals surface area contributed by atoms with E-state index in [1.807, 2.05) is 19.9 Å². The zero-order valence-electron chi connectivity index (χ0n) is 20.6. The fourth-order valence-corrected chi connectivity index (χ4v) is 4.48. The van der Waals surface area contributed by atoms with Crippen LogP contribution in [-0.2, 0) is 4.79 Å². The van der Waals surface area contributed by atoms with Crippen molar-refractivity contribution in [1.29, 1.82) is 0 Å². The van der Waals surface area contributed by atoms with Gasteiger partial charge in [-0.1, -0.05) is 48.0 Å². The molecule has 1 atom stereocenters. The van der Waals surface area contributed by atoms with E-state index in [0.717, 1.165) is 4.47 Å². The first-order valence-electron chi connectivity index (χ1n) is 11.8. The largest absolute Gasteiger partial charge is 0.351 e. The summed E-state index contributed by atoms with van der Waals surface area (Å²) in [6.45, 7) is 4.69. The SMILES string of the molecule is CC(C)(CN)CNC(=O)c1ccc2c(c1)NC(=O)CC(c1ccc(F)cc1)N2C(=O)c1cccc(Br)c1. The number of rotatable bonds is 6. The van der Waals surface area contributed by atoms with Crippen molar-refractivity contribution in [3.63, 3.8) is 0 Å². The van der Waals surface area contributed by atoms with Gasteiger partial charge in [0.1, 0.15) is 5.82 Å². The number of nitrogens with two attached hydrogens (primary N) is 1. The van der Waals surface area contributed by atoms with E-state index < -0.39 is 11.9 Å². The molecule has 3 amide bonds.